The largest absolute Gasteiger partial charge is 0.480 e. The summed E-state index contributed by atoms with van der Waals surface area (Å²) in [4.78, 5) is 25.5. The van der Waals surface area contributed by atoms with E-state index < -0.39 is 17.9 Å². The normalized spacial score (nSPS) is 16.0. The highest BCUT2D eigenvalue weighted by Gasteiger charge is 2.38. The van der Waals surface area contributed by atoms with Crippen LogP contribution in [0.3, 0.4) is 0 Å². The van der Waals surface area contributed by atoms with Crippen LogP contribution in [0, 0.1) is 11.3 Å². The Labute approximate surface area is 127 Å². The Balaban J connectivity index is 2.05. The molecule has 0 radical (unpaired) electrons. The summed E-state index contributed by atoms with van der Waals surface area (Å²) in [5.74, 6) is -1.45. The maximum absolute atomic E-state index is 12.7. The summed E-state index contributed by atoms with van der Waals surface area (Å²) in [5, 5.41) is 18.3. The second-order valence-electron chi connectivity index (χ2n) is 5.05. The first-order valence-electron chi connectivity index (χ1n) is 6.76. The molecular weight excluding hydrogens is 280 g/mol. The number of carbonyl (C=O) groups is 2. The van der Waals surface area contributed by atoms with Gasteiger partial charge < -0.3 is 5.11 Å². The third-order valence-electron chi connectivity index (χ3n) is 3.72. The molecule has 1 aliphatic heterocycles. The number of para-hydroxylation sites is 1. The maximum atomic E-state index is 12.7. The van der Waals surface area contributed by atoms with E-state index in [1.807, 2.05) is 18.2 Å². The van der Waals surface area contributed by atoms with E-state index in [9.17, 15) is 14.7 Å². The van der Waals surface area contributed by atoms with Crippen LogP contribution in [0.25, 0.3) is 0 Å². The SMILES string of the molecule is N#Cc1cccc(C(=O)N2c3ccccc3CC2C(=O)O)c1. The Morgan fingerprint density at radius 1 is 1.18 bits per heavy atom. The first kappa shape index (κ1) is 13.8. The molecule has 108 valence electrons. The van der Waals surface area contributed by atoms with Gasteiger partial charge in [0.1, 0.15) is 6.04 Å². The van der Waals surface area contributed by atoms with Gasteiger partial charge in [0, 0.05) is 17.7 Å². The van der Waals surface area contributed by atoms with Gasteiger partial charge in [0.2, 0.25) is 0 Å². The molecule has 2 aromatic rings. The van der Waals surface area contributed by atoms with Gasteiger partial charge in [-0.3, -0.25) is 9.69 Å². The van der Waals surface area contributed by atoms with Crippen molar-refractivity contribution in [1.29, 1.82) is 5.26 Å². The van der Waals surface area contributed by atoms with Crippen LogP contribution in [0.2, 0.25) is 0 Å². The number of rotatable bonds is 2. The fourth-order valence-electron chi connectivity index (χ4n) is 2.70. The summed E-state index contributed by atoms with van der Waals surface area (Å²) in [6.45, 7) is 0. The van der Waals surface area contributed by atoms with E-state index in [0.717, 1.165) is 5.56 Å². The van der Waals surface area contributed by atoms with Gasteiger partial charge in [-0.25, -0.2) is 4.79 Å². The monoisotopic (exact) mass is 292 g/mol. The molecule has 0 saturated carbocycles. The summed E-state index contributed by atoms with van der Waals surface area (Å²) in [7, 11) is 0. The van der Waals surface area contributed by atoms with Crippen LogP contribution >= 0.6 is 0 Å². The van der Waals surface area contributed by atoms with Crippen molar-refractivity contribution in [3.8, 4) is 6.07 Å². The van der Waals surface area contributed by atoms with Crippen molar-refractivity contribution in [2.75, 3.05) is 4.90 Å². The van der Waals surface area contributed by atoms with Crippen molar-refractivity contribution in [2.24, 2.45) is 0 Å². The van der Waals surface area contributed by atoms with Crippen LogP contribution in [-0.4, -0.2) is 23.0 Å². The van der Waals surface area contributed by atoms with Crippen LogP contribution in [0.5, 0.6) is 0 Å². The first-order valence-corrected chi connectivity index (χ1v) is 6.76. The van der Waals surface area contributed by atoms with Crippen molar-refractivity contribution in [3.05, 3.63) is 65.2 Å². The fourth-order valence-corrected chi connectivity index (χ4v) is 2.70. The third kappa shape index (κ3) is 2.21. The molecule has 0 spiro atoms. The molecule has 1 atom stereocenters. The maximum Gasteiger partial charge on any atom is 0.327 e. The van der Waals surface area contributed by atoms with Crippen molar-refractivity contribution in [1.82, 2.24) is 0 Å². The van der Waals surface area contributed by atoms with Crippen LogP contribution < -0.4 is 4.90 Å². The standard InChI is InChI=1S/C17H12N2O3/c18-10-11-4-3-6-13(8-11)16(20)19-14-7-2-1-5-12(14)9-15(19)17(21)22/h1-8,15H,9H2,(H,21,22). The Bertz CT molecular complexity index is 808. The Morgan fingerprint density at radius 2 is 1.95 bits per heavy atom. The smallest absolute Gasteiger partial charge is 0.327 e. The number of nitriles is 1. The number of benzene rings is 2. The molecule has 0 fully saturated rings. The summed E-state index contributed by atoms with van der Waals surface area (Å²) in [5.41, 5.74) is 2.12. The predicted molar refractivity (Wildman–Crippen MR) is 79.5 cm³/mol. The van der Waals surface area contributed by atoms with Crippen molar-refractivity contribution in [2.45, 2.75) is 12.5 Å². The molecule has 1 unspecified atom stereocenters. The van der Waals surface area contributed by atoms with Crippen molar-refractivity contribution < 1.29 is 14.7 Å². The summed E-state index contributed by atoms with van der Waals surface area (Å²) >= 11 is 0. The molecule has 0 saturated heterocycles. The van der Waals surface area contributed by atoms with Gasteiger partial charge in [-0.05, 0) is 29.8 Å². The van der Waals surface area contributed by atoms with Crippen LogP contribution in [-0.2, 0) is 11.2 Å². The van der Waals surface area contributed by atoms with Gasteiger partial charge in [-0.1, -0.05) is 24.3 Å². The minimum Gasteiger partial charge on any atom is -0.480 e. The number of aliphatic carboxylic acids is 1. The molecule has 0 aliphatic carbocycles. The number of nitrogens with zero attached hydrogens (tertiary/aromatic N) is 2. The van der Waals surface area contributed by atoms with Crippen molar-refractivity contribution >= 4 is 17.6 Å². The predicted octanol–water partition coefficient (Wildman–Crippen LogP) is 2.21. The lowest BCUT2D eigenvalue weighted by atomic mass is 10.1. The summed E-state index contributed by atoms with van der Waals surface area (Å²) < 4.78 is 0. The zero-order valence-corrected chi connectivity index (χ0v) is 11.6. The van der Waals surface area contributed by atoms with E-state index in [2.05, 4.69) is 0 Å². The van der Waals surface area contributed by atoms with E-state index >= 15 is 0 Å². The van der Waals surface area contributed by atoms with Crippen LogP contribution in [0.15, 0.2) is 48.5 Å². The lowest BCUT2D eigenvalue weighted by molar-refractivity contribution is -0.138. The van der Waals surface area contributed by atoms with E-state index in [4.69, 9.17) is 5.26 Å². The molecule has 3 rings (SSSR count). The Hall–Kier alpha value is -3.13. The average molecular weight is 292 g/mol. The number of carboxylic acid groups (broad SMARTS) is 1. The Morgan fingerprint density at radius 3 is 2.68 bits per heavy atom. The number of carboxylic acids is 1. The highest BCUT2D eigenvalue weighted by molar-refractivity contribution is 6.11. The van der Waals surface area contributed by atoms with Crippen LogP contribution in [0.4, 0.5) is 5.69 Å². The molecular formula is C17H12N2O3. The fraction of sp³-hybridized carbons (Fsp3) is 0.118. The molecule has 5 heteroatoms. The molecule has 1 amide bonds. The van der Waals surface area contributed by atoms with Gasteiger partial charge in [-0.15, -0.1) is 0 Å². The Kier molecular flexibility index (Phi) is 3.36. The number of hydrogen-bond donors (Lipinski definition) is 1. The number of hydrogen-bond acceptors (Lipinski definition) is 3. The van der Waals surface area contributed by atoms with E-state index in [1.165, 1.54) is 11.0 Å². The number of carbonyl (C=O) groups excluding carboxylic acids is 1. The molecule has 0 aromatic heterocycles. The molecule has 1 aliphatic rings. The second kappa shape index (κ2) is 5.34. The zero-order valence-electron chi connectivity index (χ0n) is 11.6. The van der Waals surface area contributed by atoms with Gasteiger partial charge in [0.15, 0.2) is 0 Å². The van der Waals surface area contributed by atoms with Gasteiger partial charge >= 0.3 is 5.97 Å². The molecule has 1 heterocycles. The third-order valence-corrected chi connectivity index (χ3v) is 3.72. The van der Waals surface area contributed by atoms with E-state index in [1.54, 1.807) is 30.3 Å². The summed E-state index contributed by atoms with van der Waals surface area (Å²) in [6, 6.07) is 14.5. The van der Waals surface area contributed by atoms with E-state index in [0.29, 0.717) is 16.8 Å². The highest BCUT2D eigenvalue weighted by atomic mass is 16.4. The number of amides is 1. The number of anilines is 1. The van der Waals surface area contributed by atoms with Crippen molar-refractivity contribution in [3.63, 3.8) is 0 Å². The molecule has 1 N–H and O–H groups in total. The minimum atomic E-state index is -1.04. The van der Waals surface area contributed by atoms with Gasteiger partial charge in [-0.2, -0.15) is 5.26 Å². The first-order chi connectivity index (χ1) is 10.6. The van der Waals surface area contributed by atoms with Gasteiger partial charge in [0.25, 0.3) is 5.91 Å². The molecule has 5 nitrogen and oxygen atoms in total. The molecule has 2 aromatic carbocycles. The average Bonchev–Trinajstić information content (AvgIpc) is 2.94. The van der Waals surface area contributed by atoms with Crippen LogP contribution in [0.1, 0.15) is 21.5 Å². The topological polar surface area (TPSA) is 81.4 Å². The minimum absolute atomic E-state index is 0.287. The summed E-state index contributed by atoms with van der Waals surface area (Å²) in [6.07, 6.45) is 0.287. The lowest BCUT2D eigenvalue weighted by Crippen LogP contribution is -2.42. The second-order valence-corrected chi connectivity index (χ2v) is 5.05. The number of fused-ring (bicyclic) bond motifs is 1. The quantitative estimate of drug-likeness (QED) is 0.920. The highest BCUT2D eigenvalue weighted by Crippen LogP contribution is 2.33. The molecule has 0 bridgehead atoms. The van der Waals surface area contributed by atoms with Gasteiger partial charge in [0.05, 0.1) is 11.6 Å². The van der Waals surface area contributed by atoms with E-state index in [-0.39, 0.29) is 6.42 Å². The lowest BCUT2D eigenvalue weighted by Gasteiger charge is -2.22. The zero-order chi connectivity index (χ0) is 15.7. The molecule has 22 heavy (non-hydrogen) atoms.